The molecule has 0 aliphatic rings. The van der Waals surface area contributed by atoms with Crippen LogP contribution in [0.1, 0.15) is 0 Å². The number of benzene rings is 1. The van der Waals surface area contributed by atoms with Crippen LogP contribution in [0.5, 0.6) is 0 Å². The van der Waals surface area contributed by atoms with Crippen LogP contribution in [-0.4, -0.2) is 24.7 Å². The van der Waals surface area contributed by atoms with E-state index in [1.54, 1.807) is 30.9 Å². The van der Waals surface area contributed by atoms with Gasteiger partial charge in [0.25, 0.3) is 5.56 Å². The van der Waals surface area contributed by atoms with Gasteiger partial charge >= 0.3 is 0 Å². The first kappa shape index (κ1) is 12.5. The van der Waals surface area contributed by atoms with Crippen molar-refractivity contribution in [3.63, 3.8) is 0 Å². The smallest absolute Gasteiger partial charge is 0.280 e. The van der Waals surface area contributed by atoms with E-state index >= 15 is 0 Å². The summed E-state index contributed by atoms with van der Waals surface area (Å²) in [4.78, 5) is 25.4. The number of rotatable bonds is 2. The van der Waals surface area contributed by atoms with Crippen LogP contribution < -0.4 is 5.56 Å². The second-order valence-electron chi connectivity index (χ2n) is 4.79. The van der Waals surface area contributed by atoms with Gasteiger partial charge in [-0.05, 0) is 18.2 Å². The molecule has 1 aromatic carbocycles. The molecule has 106 valence electrons. The second kappa shape index (κ2) is 4.92. The maximum Gasteiger partial charge on any atom is 0.280 e. The van der Waals surface area contributed by atoms with E-state index in [1.807, 2.05) is 30.3 Å². The van der Waals surface area contributed by atoms with E-state index in [0.29, 0.717) is 11.4 Å². The average Bonchev–Trinajstić information content (AvgIpc) is 2.97. The number of aromatic nitrogens is 5. The third kappa shape index (κ3) is 1.98. The van der Waals surface area contributed by atoms with E-state index in [0.717, 1.165) is 16.6 Å². The molecular formula is C16H11N5O. The Bertz CT molecular complexity index is 1000. The summed E-state index contributed by atoms with van der Waals surface area (Å²) in [7, 11) is 0. The molecule has 0 saturated carbocycles. The maximum absolute atomic E-state index is 12.5. The van der Waals surface area contributed by atoms with Crippen molar-refractivity contribution in [3.8, 4) is 16.9 Å². The fourth-order valence-electron chi connectivity index (χ4n) is 2.32. The van der Waals surface area contributed by atoms with Crippen LogP contribution >= 0.6 is 0 Å². The molecule has 4 rings (SSSR count). The molecule has 0 bridgehead atoms. The Kier molecular flexibility index (Phi) is 2.79. The third-order valence-electron chi connectivity index (χ3n) is 3.41. The van der Waals surface area contributed by atoms with Crippen molar-refractivity contribution in [2.75, 3.05) is 0 Å². The van der Waals surface area contributed by atoms with Gasteiger partial charge in [-0.25, -0.2) is 4.98 Å². The van der Waals surface area contributed by atoms with Gasteiger partial charge in [0.2, 0.25) is 0 Å². The Hall–Kier alpha value is -3.28. The molecule has 3 aromatic heterocycles. The number of H-pyrrole nitrogens is 1. The molecule has 0 spiro atoms. The zero-order chi connectivity index (χ0) is 14.9. The monoisotopic (exact) mass is 289 g/mol. The predicted octanol–water partition coefficient (Wildman–Crippen LogP) is 2.17. The van der Waals surface area contributed by atoms with Crippen molar-refractivity contribution in [2.45, 2.75) is 0 Å². The molecule has 0 amide bonds. The largest absolute Gasteiger partial charge is 0.296 e. The number of hydrogen-bond donors (Lipinski definition) is 1. The molecule has 6 nitrogen and oxygen atoms in total. The zero-order valence-electron chi connectivity index (χ0n) is 11.5. The van der Waals surface area contributed by atoms with Gasteiger partial charge in [-0.1, -0.05) is 18.2 Å². The van der Waals surface area contributed by atoms with Crippen LogP contribution in [0.4, 0.5) is 0 Å². The first-order chi connectivity index (χ1) is 10.8. The molecule has 0 fully saturated rings. The normalized spacial score (nSPS) is 10.9. The number of fused-ring (bicyclic) bond motifs is 1. The van der Waals surface area contributed by atoms with Crippen molar-refractivity contribution < 1.29 is 0 Å². The van der Waals surface area contributed by atoms with E-state index in [9.17, 15) is 4.79 Å². The summed E-state index contributed by atoms with van der Waals surface area (Å²) in [6.07, 6.45) is 6.55. The summed E-state index contributed by atoms with van der Waals surface area (Å²) in [6.45, 7) is 0. The zero-order valence-corrected chi connectivity index (χ0v) is 11.5. The Morgan fingerprint density at radius 2 is 1.86 bits per heavy atom. The molecule has 0 radical (unpaired) electrons. The van der Waals surface area contributed by atoms with Crippen molar-refractivity contribution in [1.82, 2.24) is 24.7 Å². The van der Waals surface area contributed by atoms with E-state index < -0.39 is 0 Å². The summed E-state index contributed by atoms with van der Waals surface area (Å²) in [5.74, 6) is 0.457. The van der Waals surface area contributed by atoms with Crippen LogP contribution in [0.15, 0.2) is 66.0 Å². The lowest BCUT2D eigenvalue weighted by atomic mass is 10.2. The lowest BCUT2D eigenvalue weighted by Crippen LogP contribution is -2.17. The highest BCUT2D eigenvalue weighted by Crippen LogP contribution is 2.14. The Balaban J connectivity index is 1.86. The SMILES string of the molecule is O=c1c(-c2cccnc2)c[nH]n1-c1cnc2ccccc2n1. The molecule has 0 aliphatic carbocycles. The van der Waals surface area contributed by atoms with Crippen LogP contribution in [-0.2, 0) is 0 Å². The average molecular weight is 289 g/mol. The van der Waals surface area contributed by atoms with Crippen LogP contribution in [0.2, 0.25) is 0 Å². The van der Waals surface area contributed by atoms with Gasteiger partial charge in [0.1, 0.15) is 0 Å². The quantitative estimate of drug-likeness (QED) is 0.613. The van der Waals surface area contributed by atoms with E-state index in [-0.39, 0.29) is 5.56 Å². The van der Waals surface area contributed by atoms with Crippen LogP contribution in [0.25, 0.3) is 28.0 Å². The summed E-state index contributed by atoms with van der Waals surface area (Å²) < 4.78 is 1.38. The highest BCUT2D eigenvalue weighted by atomic mass is 16.1. The predicted molar refractivity (Wildman–Crippen MR) is 82.7 cm³/mol. The number of pyridine rings is 1. The molecule has 0 atom stereocenters. The lowest BCUT2D eigenvalue weighted by molar-refractivity contribution is 0.818. The second-order valence-corrected chi connectivity index (χ2v) is 4.79. The van der Waals surface area contributed by atoms with Crippen molar-refractivity contribution in [2.24, 2.45) is 0 Å². The van der Waals surface area contributed by atoms with Gasteiger partial charge in [0.15, 0.2) is 5.82 Å². The number of nitrogens with one attached hydrogen (secondary N) is 1. The summed E-state index contributed by atoms with van der Waals surface area (Å²) in [6, 6.07) is 11.2. The van der Waals surface area contributed by atoms with Gasteiger partial charge in [0.05, 0.1) is 22.8 Å². The standard InChI is InChI=1S/C16H11N5O/c22-16-12(11-4-3-7-17-8-11)9-19-21(16)15-10-18-13-5-1-2-6-14(13)20-15/h1-10,19H. The fourth-order valence-corrected chi connectivity index (χ4v) is 2.32. The van der Waals surface area contributed by atoms with Gasteiger partial charge < -0.3 is 0 Å². The number of aromatic amines is 1. The molecule has 3 heterocycles. The molecule has 6 heteroatoms. The minimum absolute atomic E-state index is 0.183. The highest BCUT2D eigenvalue weighted by molar-refractivity contribution is 5.74. The van der Waals surface area contributed by atoms with Crippen LogP contribution in [0, 0.1) is 0 Å². The number of hydrogen-bond acceptors (Lipinski definition) is 4. The first-order valence-corrected chi connectivity index (χ1v) is 6.76. The van der Waals surface area contributed by atoms with E-state index in [4.69, 9.17) is 0 Å². The van der Waals surface area contributed by atoms with Crippen molar-refractivity contribution in [3.05, 3.63) is 71.5 Å². The maximum atomic E-state index is 12.5. The highest BCUT2D eigenvalue weighted by Gasteiger charge is 2.11. The van der Waals surface area contributed by atoms with Crippen LogP contribution in [0.3, 0.4) is 0 Å². The molecule has 1 N–H and O–H groups in total. The van der Waals surface area contributed by atoms with Gasteiger partial charge in [-0.15, -0.1) is 0 Å². The Morgan fingerprint density at radius 1 is 1.00 bits per heavy atom. The van der Waals surface area contributed by atoms with Gasteiger partial charge in [-0.3, -0.25) is 19.9 Å². The van der Waals surface area contributed by atoms with Crippen molar-refractivity contribution in [1.29, 1.82) is 0 Å². The van der Waals surface area contributed by atoms with E-state index in [2.05, 4.69) is 20.1 Å². The number of nitrogens with zero attached hydrogens (tertiary/aromatic N) is 4. The topological polar surface area (TPSA) is 76.5 Å². The number of para-hydroxylation sites is 2. The molecule has 0 aliphatic heterocycles. The molecule has 4 aromatic rings. The molecule has 0 unspecified atom stereocenters. The molecule has 0 saturated heterocycles. The fraction of sp³-hybridized carbons (Fsp3) is 0. The van der Waals surface area contributed by atoms with E-state index in [1.165, 1.54) is 4.68 Å². The van der Waals surface area contributed by atoms with Gasteiger partial charge in [0, 0.05) is 24.2 Å². The summed E-state index contributed by atoms with van der Waals surface area (Å²) >= 11 is 0. The lowest BCUT2D eigenvalue weighted by Gasteiger charge is -2.01. The summed E-state index contributed by atoms with van der Waals surface area (Å²) in [5.41, 5.74) is 2.65. The Labute approximate surface area is 125 Å². The minimum atomic E-state index is -0.183. The van der Waals surface area contributed by atoms with Gasteiger partial charge in [-0.2, -0.15) is 4.68 Å². The first-order valence-electron chi connectivity index (χ1n) is 6.76. The third-order valence-corrected chi connectivity index (χ3v) is 3.41. The van der Waals surface area contributed by atoms with Crippen molar-refractivity contribution >= 4 is 11.0 Å². The Morgan fingerprint density at radius 3 is 2.68 bits per heavy atom. The minimum Gasteiger partial charge on any atom is -0.296 e. The molecular weight excluding hydrogens is 278 g/mol. The summed E-state index contributed by atoms with van der Waals surface area (Å²) in [5, 5.41) is 2.93. The molecule has 22 heavy (non-hydrogen) atoms.